The first-order chi connectivity index (χ1) is 10.0. The Morgan fingerprint density at radius 2 is 1.95 bits per heavy atom. The van der Waals surface area contributed by atoms with Gasteiger partial charge in [0.05, 0.1) is 20.7 Å². The molecule has 0 aliphatic heterocycles. The maximum absolute atomic E-state index is 6.14. The van der Waals surface area contributed by atoms with Gasteiger partial charge in [0.1, 0.15) is 5.75 Å². The molecule has 4 nitrogen and oxygen atoms in total. The molecule has 0 saturated heterocycles. The number of hydrogen-bond acceptors (Lipinski definition) is 4. The van der Waals surface area contributed by atoms with Crippen molar-refractivity contribution >= 4 is 61.0 Å². The molecule has 21 heavy (non-hydrogen) atoms. The Balaban J connectivity index is 2.28. The molecule has 0 atom stereocenters. The van der Waals surface area contributed by atoms with Gasteiger partial charge >= 0.3 is 0 Å². The number of aromatic nitrogens is 2. The molecular formula is C13H11Br2Cl2N3O. The van der Waals surface area contributed by atoms with Gasteiger partial charge in [-0.2, -0.15) is 4.98 Å². The molecule has 0 aliphatic rings. The number of rotatable bonds is 5. The standard InChI is InChI=1S/C13H11Br2Cl2N3O/c1-2-3-18-13-19-6-8(15)12(20-13)21-11-5-9(16)7(14)4-10(11)17/h4-6H,2-3H2,1H3,(H,18,19,20). The Bertz CT molecular complexity index is 656. The van der Waals surface area contributed by atoms with Crippen LogP contribution in [0.5, 0.6) is 11.6 Å². The third-order valence-corrected chi connectivity index (χ3v) is 4.46. The molecular weight excluding hydrogens is 445 g/mol. The Morgan fingerprint density at radius 1 is 1.19 bits per heavy atom. The first-order valence-corrected chi connectivity index (χ1v) is 8.44. The minimum Gasteiger partial charge on any atom is -0.436 e. The quantitative estimate of drug-likeness (QED) is 0.568. The molecule has 0 spiro atoms. The fourth-order valence-corrected chi connectivity index (χ4v) is 2.53. The van der Waals surface area contributed by atoms with Crippen molar-refractivity contribution in [2.45, 2.75) is 13.3 Å². The largest absolute Gasteiger partial charge is 0.436 e. The van der Waals surface area contributed by atoms with E-state index in [1.807, 2.05) is 0 Å². The third kappa shape index (κ3) is 4.45. The van der Waals surface area contributed by atoms with Crippen LogP contribution in [0, 0.1) is 0 Å². The average Bonchev–Trinajstić information content (AvgIpc) is 2.45. The van der Waals surface area contributed by atoms with Gasteiger partial charge in [-0.3, -0.25) is 0 Å². The maximum Gasteiger partial charge on any atom is 0.238 e. The molecule has 1 N–H and O–H groups in total. The molecule has 112 valence electrons. The highest BCUT2D eigenvalue weighted by molar-refractivity contribution is 9.10. The van der Waals surface area contributed by atoms with Gasteiger partial charge in [0.15, 0.2) is 0 Å². The van der Waals surface area contributed by atoms with E-state index in [0.717, 1.165) is 13.0 Å². The summed E-state index contributed by atoms with van der Waals surface area (Å²) in [6.45, 7) is 2.85. The van der Waals surface area contributed by atoms with E-state index in [0.29, 0.717) is 36.6 Å². The summed E-state index contributed by atoms with van der Waals surface area (Å²) >= 11 is 18.8. The molecule has 0 amide bonds. The van der Waals surface area contributed by atoms with Gasteiger partial charge in [0.2, 0.25) is 11.8 Å². The van der Waals surface area contributed by atoms with Crippen LogP contribution in [-0.2, 0) is 0 Å². The maximum atomic E-state index is 6.14. The molecule has 1 aromatic heterocycles. The second kappa shape index (κ2) is 7.63. The predicted molar refractivity (Wildman–Crippen MR) is 92.7 cm³/mol. The van der Waals surface area contributed by atoms with E-state index in [2.05, 4.69) is 54.1 Å². The summed E-state index contributed by atoms with van der Waals surface area (Å²) in [7, 11) is 0. The second-order valence-electron chi connectivity index (χ2n) is 4.07. The van der Waals surface area contributed by atoms with Crippen molar-refractivity contribution in [3.05, 3.63) is 37.3 Å². The van der Waals surface area contributed by atoms with Crippen molar-refractivity contribution < 1.29 is 4.74 Å². The van der Waals surface area contributed by atoms with E-state index in [9.17, 15) is 0 Å². The summed E-state index contributed by atoms with van der Waals surface area (Å²) in [4.78, 5) is 8.45. The highest BCUT2D eigenvalue weighted by Crippen LogP contribution is 2.37. The molecule has 0 aliphatic carbocycles. The van der Waals surface area contributed by atoms with Gasteiger partial charge in [-0.25, -0.2) is 4.98 Å². The van der Waals surface area contributed by atoms with Crippen LogP contribution in [0.25, 0.3) is 0 Å². The summed E-state index contributed by atoms with van der Waals surface area (Å²) in [6.07, 6.45) is 2.60. The molecule has 2 aromatic rings. The van der Waals surface area contributed by atoms with E-state index in [4.69, 9.17) is 27.9 Å². The normalized spacial score (nSPS) is 10.5. The molecule has 0 radical (unpaired) electrons. The summed E-state index contributed by atoms with van der Waals surface area (Å²) in [6, 6.07) is 3.30. The van der Waals surface area contributed by atoms with Crippen molar-refractivity contribution in [3.8, 4) is 11.6 Å². The monoisotopic (exact) mass is 453 g/mol. The van der Waals surface area contributed by atoms with Gasteiger partial charge in [-0.05, 0) is 44.3 Å². The molecule has 0 bridgehead atoms. The van der Waals surface area contributed by atoms with Gasteiger partial charge < -0.3 is 10.1 Å². The lowest BCUT2D eigenvalue weighted by Gasteiger charge is -2.11. The van der Waals surface area contributed by atoms with Crippen molar-refractivity contribution in [1.29, 1.82) is 0 Å². The summed E-state index contributed by atoms with van der Waals surface area (Å²) in [5.41, 5.74) is 0. The zero-order valence-electron chi connectivity index (χ0n) is 11.0. The number of anilines is 1. The smallest absolute Gasteiger partial charge is 0.238 e. The Kier molecular flexibility index (Phi) is 6.10. The molecule has 0 saturated carbocycles. The third-order valence-electron chi connectivity index (χ3n) is 2.43. The fraction of sp³-hybridized carbons (Fsp3) is 0.231. The summed E-state index contributed by atoms with van der Waals surface area (Å²) < 4.78 is 7.05. The minimum atomic E-state index is 0.365. The summed E-state index contributed by atoms with van der Waals surface area (Å²) in [5, 5.41) is 4.03. The molecule has 1 heterocycles. The molecule has 1 aromatic carbocycles. The van der Waals surface area contributed by atoms with Crippen molar-refractivity contribution in [2.24, 2.45) is 0 Å². The molecule has 0 fully saturated rings. The van der Waals surface area contributed by atoms with Crippen LogP contribution < -0.4 is 10.1 Å². The van der Waals surface area contributed by atoms with Crippen LogP contribution in [0.3, 0.4) is 0 Å². The van der Waals surface area contributed by atoms with Crippen LogP contribution >= 0.6 is 55.1 Å². The Morgan fingerprint density at radius 3 is 2.67 bits per heavy atom. The summed E-state index contributed by atoms with van der Waals surface area (Å²) in [5.74, 6) is 1.28. The molecule has 0 unspecified atom stereocenters. The van der Waals surface area contributed by atoms with Crippen LogP contribution in [0.15, 0.2) is 27.3 Å². The van der Waals surface area contributed by atoms with E-state index < -0.39 is 0 Å². The van der Waals surface area contributed by atoms with Crippen molar-refractivity contribution in [2.75, 3.05) is 11.9 Å². The number of halogens is 4. The Labute approximate surface area is 149 Å². The lowest BCUT2D eigenvalue weighted by molar-refractivity contribution is 0.459. The number of ether oxygens (including phenoxy) is 1. The van der Waals surface area contributed by atoms with Gasteiger partial charge in [0, 0.05) is 17.1 Å². The SMILES string of the molecule is CCCNc1ncc(Br)c(Oc2cc(Cl)c(Br)cc2Cl)n1. The van der Waals surface area contributed by atoms with Crippen LogP contribution in [0.1, 0.15) is 13.3 Å². The number of nitrogens with zero attached hydrogens (tertiary/aromatic N) is 2. The average molecular weight is 456 g/mol. The van der Waals surface area contributed by atoms with Gasteiger partial charge in [-0.1, -0.05) is 30.1 Å². The first kappa shape index (κ1) is 16.8. The van der Waals surface area contributed by atoms with E-state index in [1.54, 1.807) is 18.3 Å². The lowest BCUT2D eigenvalue weighted by Crippen LogP contribution is -2.05. The van der Waals surface area contributed by atoms with Crippen molar-refractivity contribution in [3.63, 3.8) is 0 Å². The zero-order valence-corrected chi connectivity index (χ0v) is 15.6. The van der Waals surface area contributed by atoms with Crippen LogP contribution in [0.2, 0.25) is 10.0 Å². The topological polar surface area (TPSA) is 47.0 Å². The van der Waals surface area contributed by atoms with Gasteiger partial charge in [0.25, 0.3) is 0 Å². The number of benzene rings is 1. The predicted octanol–water partition coefficient (Wildman–Crippen LogP) is 5.92. The highest BCUT2D eigenvalue weighted by Gasteiger charge is 2.12. The zero-order chi connectivity index (χ0) is 15.4. The number of nitrogens with one attached hydrogen (secondary N) is 1. The van der Waals surface area contributed by atoms with E-state index in [1.165, 1.54) is 0 Å². The first-order valence-electron chi connectivity index (χ1n) is 6.10. The lowest BCUT2D eigenvalue weighted by atomic mass is 10.3. The minimum absolute atomic E-state index is 0.365. The van der Waals surface area contributed by atoms with E-state index >= 15 is 0 Å². The second-order valence-corrected chi connectivity index (χ2v) is 6.60. The Hall–Kier alpha value is -0.560. The van der Waals surface area contributed by atoms with E-state index in [-0.39, 0.29) is 0 Å². The van der Waals surface area contributed by atoms with Gasteiger partial charge in [-0.15, -0.1) is 0 Å². The van der Waals surface area contributed by atoms with Crippen LogP contribution in [-0.4, -0.2) is 16.5 Å². The fourth-order valence-electron chi connectivity index (χ4n) is 1.43. The van der Waals surface area contributed by atoms with Crippen LogP contribution in [0.4, 0.5) is 5.95 Å². The molecule has 2 rings (SSSR count). The number of hydrogen-bond donors (Lipinski definition) is 1. The highest BCUT2D eigenvalue weighted by atomic mass is 79.9. The molecule has 8 heteroatoms. The van der Waals surface area contributed by atoms with Crippen molar-refractivity contribution in [1.82, 2.24) is 9.97 Å².